The van der Waals surface area contributed by atoms with Gasteiger partial charge >= 0.3 is 0 Å². The van der Waals surface area contributed by atoms with Gasteiger partial charge in [0.2, 0.25) is 17.7 Å². The maximum atomic E-state index is 15.6. The lowest BCUT2D eigenvalue weighted by atomic mass is 9.85. The number of rotatable bonds is 17. The highest BCUT2D eigenvalue weighted by Gasteiger charge is 2.44. The van der Waals surface area contributed by atoms with Gasteiger partial charge in [-0.05, 0) is 108 Å². The first-order valence-corrected chi connectivity index (χ1v) is 23.2. The number of nitriles is 1. The molecule has 2 saturated heterocycles. The van der Waals surface area contributed by atoms with Crippen LogP contribution >= 0.6 is 23.6 Å². The van der Waals surface area contributed by atoms with Crippen LogP contribution in [-0.2, 0) is 30.5 Å². The summed E-state index contributed by atoms with van der Waals surface area (Å²) < 4.78 is 27.1. The van der Waals surface area contributed by atoms with Crippen molar-refractivity contribution in [2.24, 2.45) is 5.41 Å². The molecule has 17 heteroatoms. The zero-order valence-electron chi connectivity index (χ0n) is 37.7. The van der Waals surface area contributed by atoms with Gasteiger partial charge in [0.1, 0.15) is 36.8 Å². The Morgan fingerprint density at radius 2 is 1.72 bits per heavy atom. The molecule has 1 aromatic heterocycles. The van der Waals surface area contributed by atoms with Crippen molar-refractivity contribution in [2.75, 3.05) is 42.7 Å². The second-order valence-corrected chi connectivity index (χ2v) is 18.8. The molecule has 0 spiro atoms. The fourth-order valence-electron chi connectivity index (χ4n) is 7.94. The van der Waals surface area contributed by atoms with E-state index in [1.165, 1.54) is 32.1 Å². The molecule has 3 N–H and O–H groups in total. The van der Waals surface area contributed by atoms with Crippen molar-refractivity contribution >= 4 is 63.7 Å². The number of hydrogen-bond donors (Lipinski definition) is 3. The molecule has 0 aliphatic carbocycles. The third kappa shape index (κ3) is 11.7. The number of nitrogens with zero attached hydrogens (tertiary/aromatic N) is 5. The minimum absolute atomic E-state index is 0.0254. The van der Waals surface area contributed by atoms with E-state index in [-0.39, 0.29) is 61.9 Å². The molecule has 2 fully saturated rings. The van der Waals surface area contributed by atoms with Gasteiger partial charge < -0.3 is 35.0 Å². The predicted octanol–water partition coefficient (Wildman–Crippen LogP) is 6.92. The Bertz CT molecular complexity index is 2650. The minimum Gasteiger partial charge on any atom is -0.494 e. The predicted molar refractivity (Wildman–Crippen MR) is 258 cm³/mol. The number of aromatic nitrogens is 1. The van der Waals surface area contributed by atoms with E-state index in [1.807, 2.05) is 57.2 Å². The number of thiocarbonyl (C=S) groups is 1. The first-order valence-electron chi connectivity index (χ1n) is 21.9. The van der Waals surface area contributed by atoms with Crippen LogP contribution in [0.3, 0.4) is 0 Å². The summed E-state index contributed by atoms with van der Waals surface area (Å²) >= 11 is 7.14. The van der Waals surface area contributed by atoms with E-state index in [2.05, 4.69) is 21.7 Å². The molecule has 0 saturated carbocycles. The summed E-state index contributed by atoms with van der Waals surface area (Å²) in [5, 5.41) is 25.7. The Hall–Kier alpha value is -6.58. The largest absolute Gasteiger partial charge is 0.494 e. The fraction of sp³-hybridized carbons (Fsp3) is 0.340. The highest BCUT2D eigenvalue weighted by Crippen LogP contribution is 2.33. The number of likely N-dealkylation sites (tertiary alicyclic amines) is 1. The van der Waals surface area contributed by atoms with Crippen molar-refractivity contribution in [2.45, 2.75) is 71.7 Å². The summed E-state index contributed by atoms with van der Waals surface area (Å²) in [5.41, 5.74) is 6.26. The van der Waals surface area contributed by atoms with E-state index < -0.39 is 41.2 Å². The summed E-state index contributed by atoms with van der Waals surface area (Å²) in [6, 6.07) is 25.0. The zero-order chi connectivity index (χ0) is 47.8. The number of β-amino-alcohol motifs (C(OH)–C–C–N with tert-alkyl or cyclic N) is 1. The van der Waals surface area contributed by atoms with Crippen LogP contribution in [0.2, 0.25) is 0 Å². The summed E-state index contributed by atoms with van der Waals surface area (Å²) in [4.78, 5) is 62.7. The molecule has 14 nitrogen and oxygen atoms in total. The Balaban J connectivity index is 0.826. The topological polar surface area (TPSA) is 177 Å². The zero-order valence-corrected chi connectivity index (χ0v) is 39.3. The highest BCUT2D eigenvalue weighted by atomic mass is 32.1. The highest BCUT2D eigenvalue weighted by molar-refractivity contribution is 7.81. The van der Waals surface area contributed by atoms with Crippen molar-refractivity contribution < 1.29 is 38.1 Å². The first kappa shape index (κ1) is 48.4. The van der Waals surface area contributed by atoms with Crippen molar-refractivity contribution in [1.29, 1.82) is 5.26 Å². The van der Waals surface area contributed by atoms with E-state index in [9.17, 15) is 29.5 Å². The molecule has 4 aromatic carbocycles. The van der Waals surface area contributed by atoms with E-state index >= 15 is 4.39 Å². The van der Waals surface area contributed by atoms with Gasteiger partial charge in [0.15, 0.2) is 5.11 Å². The second kappa shape index (κ2) is 21.4. The molecule has 4 amide bonds. The van der Waals surface area contributed by atoms with Crippen molar-refractivity contribution in [3.8, 4) is 33.4 Å². The molecule has 67 heavy (non-hydrogen) atoms. The number of ether oxygens (including phenoxy) is 2. The fourth-order valence-corrected chi connectivity index (χ4v) is 8.94. The molecule has 0 bridgehead atoms. The van der Waals surface area contributed by atoms with Gasteiger partial charge in [-0.1, -0.05) is 63.2 Å². The smallest absolute Gasteiger partial charge is 0.253 e. The molecule has 7 rings (SSSR count). The third-order valence-electron chi connectivity index (χ3n) is 11.6. The van der Waals surface area contributed by atoms with E-state index in [1.54, 1.807) is 61.1 Å². The van der Waals surface area contributed by atoms with E-state index in [0.717, 1.165) is 21.6 Å². The Kier molecular flexibility index (Phi) is 15.4. The Labute approximate surface area is 398 Å². The SMILES string of the molecule is Cc1cc(N2C(=O)CN(c3ccc(-c4ccc(OCCCCOCC(=O)N[C@H](C(=O)N5C[C@H](O)C[C@H]5C(=O)NCc5ccc(-c6cncs6)cc5)C(C)(C)C)cc4)cc3F)C2=S)ccc1C#N. The molecule has 0 radical (unpaired) electrons. The lowest BCUT2D eigenvalue weighted by molar-refractivity contribution is -0.144. The van der Waals surface area contributed by atoms with Crippen LogP contribution in [0.5, 0.6) is 5.75 Å². The van der Waals surface area contributed by atoms with Gasteiger partial charge in [-0.25, -0.2) is 4.39 Å². The quantitative estimate of drug-likeness (QED) is 0.0652. The van der Waals surface area contributed by atoms with Gasteiger partial charge in [-0.3, -0.25) is 29.1 Å². The molecule has 5 aromatic rings. The molecular formula is C50H52FN7O7S2. The van der Waals surface area contributed by atoms with Crippen LogP contribution in [-0.4, -0.2) is 94.8 Å². The number of halogens is 1. The standard InChI is InChI=1S/C50H52FN7O7S2/c1-31-21-37(15-11-36(31)24-52)58-45(61)28-57(49(58)66)41-18-14-35(22-40(41)51)33-12-16-39(17-13-33)65-20-6-5-19-64-29-44(60)55-46(50(2,3)4)48(63)56-27-38(59)23-42(56)47(62)54-25-32-7-9-34(10-8-32)43-26-53-30-67-43/h7-18,21-22,26,30,38,42,46,59H,5-6,19-20,23,25,27-29H2,1-4H3,(H,54,62)(H,55,60)/t38-,42+,46-/m1/s1. The van der Waals surface area contributed by atoms with Gasteiger partial charge in [0.05, 0.1) is 46.1 Å². The summed E-state index contributed by atoms with van der Waals surface area (Å²) in [5.74, 6) is -1.52. The summed E-state index contributed by atoms with van der Waals surface area (Å²) in [6.07, 6.45) is 2.25. The van der Waals surface area contributed by atoms with Gasteiger partial charge in [-0.15, -0.1) is 11.3 Å². The molecule has 3 atom stereocenters. The minimum atomic E-state index is -0.972. The number of nitrogens with one attached hydrogen (secondary N) is 2. The number of amides is 4. The van der Waals surface area contributed by atoms with Crippen LogP contribution in [0, 0.1) is 29.5 Å². The number of hydrogen-bond acceptors (Lipinski definition) is 11. The lowest BCUT2D eigenvalue weighted by Crippen LogP contribution is -2.58. The van der Waals surface area contributed by atoms with Crippen LogP contribution < -0.4 is 25.2 Å². The summed E-state index contributed by atoms with van der Waals surface area (Å²) in [6.45, 7) is 7.76. The molecular weight excluding hydrogens is 894 g/mol. The average molecular weight is 946 g/mol. The number of anilines is 2. The number of carbonyl (C=O) groups excluding carboxylic acids is 4. The second-order valence-electron chi connectivity index (χ2n) is 17.6. The van der Waals surface area contributed by atoms with Crippen molar-refractivity contribution in [3.05, 3.63) is 119 Å². The maximum Gasteiger partial charge on any atom is 0.253 e. The van der Waals surface area contributed by atoms with Crippen LogP contribution in [0.25, 0.3) is 21.6 Å². The number of thiazole rings is 1. The van der Waals surface area contributed by atoms with E-state index in [4.69, 9.17) is 21.7 Å². The Morgan fingerprint density at radius 1 is 1.00 bits per heavy atom. The monoisotopic (exact) mass is 945 g/mol. The van der Waals surface area contributed by atoms with Crippen LogP contribution in [0.15, 0.2) is 96.6 Å². The van der Waals surface area contributed by atoms with Crippen molar-refractivity contribution in [3.63, 3.8) is 0 Å². The first-order chi connectivity index (χ1) is 32.1. The van der Waals surface area contributed by atoms with Crippen molar-refractivity contribution in [1.82, 2.24) is 20.5 Å². The number of unbranched alkanes of at least 4 members (excludes halogenated alkanes) is 1. The maximum absolute atomic E-state index is 15.6. The van der Waals surface area contributed by atoms with Crippen LogP contribution in [0.1, 0.15) is 56.7 Å². The normalized spacial score (nSPS) is 16.5. The number of benzene rings is 4. The third-order valence-corrected chi connectivity index (χ3v) is 12.8. The summed E-state index contributed by atoms with van der Waals surface area (Å²) in [7, 11) is 0. The molecule has 348 valence electrons. The average Bonchev–Trinajstić information content (AvgIpc) is 4.06. The van der Waals surface area contributed by atoms with E-state index in [0.29, 0.717) is 47.6 Å². The number of aryl methyl sites for hydroxylation is 1. The number of aliphatic hydroxyl groups excluding tert-OH is 1. The molecule has 0 unspecified atom stereocenters. The number of carbonyl (C=O) groups is 4. The molecule has 2 aliphatic rings. The number of aliphatic hydroxyl groups is 1. The van der Waals surface area contributed by atoms with Gasteiger partial charge in [0, 0.05) is 32.3 Å². The van der Waals surface area contributed by atoms with Gasteiger partial charge in [-0.2, -0.15) is 5.26 Å². The van der Waals surface area contributed by atoms with Crippen LogP contribution in [0.4, 0.5) is 15.8 Å². The molecule has 2 aliphatic heterocycles. The molecule has 3 heterocycles. The lowest BCUT2D eigenvalue weighted by Gasteiger charge is -2.35. The Morgan fingerprint density at radius 3 is 2.39 bits per heavy atom. The van der Waals surface area contributed by atoms with Gasteiger partial charge in [0.25, 0.3) is 5.91 Å².